The summed E-state index contributed by atoms with van der Waals surface area (Å²) in [5.41, 5.74) is 8.41. The summed E-state index contributed by atoms with van der Waals surface area (Å²) in [5.74, 6) is 0.500. The maximum absolute atomic E-state index is 11.1. The Bertz CT molecular complexity index is 263. The third kappa shape index (κ3) is 1.58. The maximum atomic E-state index is 11.1. The molecule has 0 radical (unpaired) electrons. The van der Waals surface area contributed by atoms with Crippen molar-refractivity contribution in [1.82, 2.24) is 0 Å². The Hall–Kier alpha value is -1.05. The molecule has 1 rings (SSSR count). The van der Waals surface area contributed by atoms with Gasteiger partial charge >= 0.3 is 0 Å². The molecule has 0 heterocycles. The van der Waals surface area contributed by atoms with Crippen LogP contribution < -0.4 is 5.73 Å². The number of allylic oxidation sites excluding steroid dienone is 3. The number of ketones is 1. The standard InChI is InChI=1S/C10H15NO/c1-6(2)8-4-9(7(3)12)10(11)5-8/h8H,1,4-5,11H2,2-3H3/t8-/m0/s1. The Balaban J connectivity index is 2.74. The summed E-state index contributed by atoms with van der Waals surface area (Å²) in [6, 6.07) is 0. The first-order valence-corrected chi connectivity index (χ1v) is 4.16. The van der Waals surface area contributed by atoms with E-state index >= 15 is 0 Å². The first-order chi connectivity index (χ1) is 5.52. The van der Waals surface area contributed by atoms with E-state index in [0.717, 1.165) is 29.7 Å². The molecule has 0 bridgehead atoms. The Kier molecular flexibility index (Phi) is 2.36. The molecule has 2 nitrogen and oxygen atoms in total. The maximum Gasteiger partial charge on any atom is 0.157 e. The van der Waals surface area contributed by atoms with Crippen LogP contribution in [0, 0.1) is 5.92 Å². The van der Waals surface area contributed by atoms with Gasteiger partial charge in [0.05, 0.1) is 0 Å². The van der Waals surface area contributed by atoms with Gasteiger partial charge in [-0.25, -0.2) is 0 Å². The number of carbonyl (C=O) groups excluding carboxylic acids is 1. The monoisotopic (exact) mass is 165 g/mol. The molecular formula is C10H15NO. The molecule has 0 aliphatic heterocycles. The van der Waals surface area contributed by atoms with Crippen molar-refractivity contribution in [1.29, 1.82) is 0 Å². The lowest BCUT2D eigenvalue weighted by molar-refractivity contribution is -0.113. The van der Waals surface area contributed by atoms with Gasteiger partial charge in [-0.3, -0.25) is 4.79 Å². The zero-order valence-corrected chi connectivity index (χ0v) is 7.68. The normalized spacial score (nSPS) is 23.0. The summed E-state index contributed by atoms with van der Waals surface area (Å²) in [4.78, 5) is 11.1. The third-order valence-corrected chi connectivity index (χ3v) is 2.43. The number of carbonyl (C=O) groups is 1. The van der Waals surface area contributed by atoms with Gasteiger partial charge in [-0.05, 0) is 32.6 Å². The van der Waals surface area contributed by atoms with Gasteiger partial charge in [0.15, 0.2) is 5.78 Å². The molecular weight excluding hydrogens is 150 g/mol. The molecule has 0 unspecified atom stereocenters. The molecule has 0 fully saturated rings. The van der Waals surface area contributed by atoms with E-state index in [4.69, 9.17) is 5.73 Å². The largest absolute Gasteiger partial charge is 0.402 e. The van der Waals surface area contributed by atoms with Crippen LogP contribution in [0.4, 0.5) is 0 Å². The predicted octanol–water partition coefficient (Wildman–Crippen LogP) is 1.77. The average molecular weight is 165 g/mol. The van der Waals surface area contributed by atoms with Crippen molar-refractivity contribution in [3.63, 3.8) is 0 Å². The first-order valence-electron chi connectivity index (χ1n) is 4.16. The van der Waals surface area contributed by atoms with Crippen LogP contribution in [0.15, 0.2) is 23.4 Å². The van der Waals surface area contributed by atoms with E-state index in [-0.39, 0.29) is 5.78 Å². The van der Waals surface area contributed by atoms with Crippen LogP contribution in [0.5, 0.6) is 0 Å². The number of hydrogen-bond acceptors (Lipinski definition) is 2. The molecule has 0 spiro atoms. The molecule has 2 N–H and O–H groups in total. The summed E-state index contributed by atoms with van der Waals surface area (Å²) in [5, 5.41) is 0. The summed E-state index contributed by atoms with van der Waals surface area (Å²) in [6.07, 6.45) is 1.60. The zero-order chi connectivity index (χ0) is 9.30. The van der Waals surface area contributed by atoms with Crippen LogP contribution in [-0.2, 0) is 4.79 Å². The molecule has 0 aromatic carbocycles. The van der Waals surface area contributed by atoms with Gasteiger partial charge < -0.3 is 5.73 Å². The Morgan fingerprint density at radius 3 is 2.33 bits per heavy atom. The van der Waals surface area contributed by atoms with Gasteiger partial charge in [0, 0.05) is 11.3 Å². The fourth-order valence-corrected chi connectivity index (χ4v) is 1.56. The highest BCUT2D eigenvalue weighted by atomic mass is 16.1. The molecule has 0 aromatic rings. The van der Waals surface area contributed by atoms with Crippen LogP contribution in [0.2, 0.25) is 0 Å². The minimum atomic E-state index is 0.108. The fourth-order valence-electron chi connectivity index (χ4n) is 1.56. The minimum absolute atomic E-state index is 0.108. The van der Waals surface area contributed by atoms with E-state index < -0.39 is 0 Å². The summed E-state index contributed by atoms with van der Waals surface area (Å²) in [6.45, 7) is 7.43. The number of Topliss-reactive ketones (excluding diaryl/α,β-unsaturated/α-hetero) is 1. The number of hydrogen-bond donors (Lipinski definition) is 1. The SMILES string of the molecule is C=C(C)[C@@H]1CC(N)=C(C(C)=O)C1. The molecule has 0 aromatic heterocycles. The van der Waals surface area contributed by atoms with Crippen LogP contribution >= 0.6 is 0 Å². The highest BCUT2D eigenvalue weighted by Crippen LogP contribution is 2.33. The number of nitrogens with two attached hydrogens (primary N) is 1. The van der Waals surface area contributed by atoms with Crippen LogP contribution in [0.3, 0.4) is 0 Å². The van der Waals surface area contributed by atoms with Crippen LogP contribution in [0.25, 0.3) is 0 Å². The van der Waals surface area contributed by atoms with Gasteiger partial charge in [0.1, 0.15) is 0 Å². The second-order valence-electron chi connectivity index (χ2n) is 3.51. The van der Waals surface area contributed by atoms with E-state index in [0.29, 0.717) is 5.92 Å². The first kappa shape index (κ1) is 9.04. The van der Waals surface area contributed by atoms with Crippen molar-refractivity contribution in [2.45, 2.75) is 26.7 Å². The quantitative estimate of drug-likeness (QED) is 0.634. The second kappa shape index (κ2) is 3.13. The summed E-state index contributed by atoms with van der Waals surface area (Å²) in [7, 11) is 0. The number of rotatable bonds is 2. The van der Waals surface area contributed by atoms with Crippen molar-refractivity contribution >= 4 is 5.78 Å². The van der Waals surface area contributed by atoms with Crippen molar-refractivity contribution in [2.75, 3.05) is 0 Å². The molecule has 12 heavy (non-hydrogen) atoms. The van der Waals surface area contributed by atoms with Gasteiger partial charge in [0.25, 0.3) is 0 Å². The van der Waals surface area contributed by atoms with Crippen molar-refractivity contribution < 1.29 is 4.79 Å². The van der Waals surface area contributed by atoms with E-state index in [1.807, 2.05) is 6.92 Å². The van der Waals surface area contributed by atoms with E-state index in [1.54, 1.807) is 6.92 Å². The lowest BCUT2D eigenvalue weighted by Crippen LogP contribution is -2.01. The van der Waals surface area contributed by atoms with Gasteiger partial charge in [-0.15, -0.1) is 0 Å². The Morgan fingerprint density at radius 2 is 2.08 bits per heavy atom. The lowest BCUT2D eigenvalue weighted by atomic mass is 9.97. The summed E-state index contributed by atoms with van der Waals surface area (Å²) >= 11 is 0. The minimum Gasteiger partial charge on any atom is -0.402 e. The van der Waals surface area contributed by atoms with E-state index in [9.17, 15) is 4.79 Å². The fraction of sp³-hybridized carbons (Fsp3) is 0.500. The molecule has 0 saturated heterocycles. The topological polar surface area (TPSA) is 43.1 Å². The van der Waals surface area contributed by atoms with Crippen molar-refractivity contribution in [2.24, 2.45) is 11.7 Å². The predicted molar refractivity (Wildman–Crippen MR) is 49.4 cm³/mol. The van der Waals surface area contributed by atoms with Gasteiger partial charge in [-0.2, -0.15) is 0 Å². The molecule has 1 aliphatic rings. The third-order valence-electron chi connectivity index (χ3n) is 2.43. The second-order valence-corrected chi connectivity index (χ2v) is 3.51. The smallest absolute Gasteiger partial charge is 0.157 e. The molecule has 1 aliphatic carbocycles. The average Bonchev–Trinajstić information content (AvgIpc) is 2.30. The van der Waals surface area contributed by atoms with Gasteiger partial charge in [-0.1, -0.05) is 12.2 Å². The molecule has 2 heteroatoms. The Morgan fingerprint density at radius 1 is 1.50 bits per heavy atom. The highest BCUT2D eigenvalue weighted by Gasteiger charge is 2.24. The Labute approximate surface area is 73.1 Å². The molecule has 1 atom stereocenters. The van der Waals surface area contributed by atoms with E-state index in [1.165, 1.54) is 0 Å². The van der Waals surface area contributed by atoms with Gasteiger partial charge in [0.2, 0.25) is 0 Å². The van der Waals surface area contributed by atoms with Crippen LogP contribution in [0.1, 0.15) is 26.7 Å². The zero-order valence-electron chi connectivity index (χ0n) is 7.68. The van der Waals surface area contributed by atoms with E-state index in [2.05, 4.69) is 6.58 Å². The molecule has 0 amide bonds. The molecule has 66 valence electrons. The summed E-state index contributed by atoms with van der Waals surface area (Å²) < 4.78 is 0. The van der Waals surface area contributed by atoms with Crippen molar-refractivity contribution in [3.05, 3.63) is 23.4 Å². The van der Waals surface area contributed by atoms with Crippen molar-refractivity contribution in [3.8, 4) is 0 Å². The molecule has 0 saturated carbocycles. The lowest BCUT2D eigenvalue weighted by Gasteiger charge is -2.07. The highest BCUT2D eigenvalue weighted by molar-refractivity contribution is 5.94. The van der Waals surface area contributed by atoms with Crippen LogP contribution in [-0.4, -0.2) is 5.78 Å².